The van der Waals surface area contributed by atoms with Crippen molar-refractivity contribution < 1.29 is 0 Å². The molecule has 78 valence electrons. The maximum absolute atomic E-state index is 4.37. The third kappa shape index (κ3) is 2.83. The second kappa shape index (κ2) is 3.70. The largest absolute Gasteiger partial charge is 0.247 e. The van der Waals surface area contributed by atoms with Crippen LogP contribution >= 0.6 is 0 Å². The molecule has 1 heteroatoms. The van der Waals surface area contributed by atoms with Crippen LogP contribution in [0.25, 0.3) is 0 Å². The Morgan fingerprint density at radius 1 is 1.27 bits per heavy atom. The minimum atomic E-state index is 0.176. The highest BCUT2D eigenvalue weighted by molar-refractivity contribution is 5.32. The van der Waals surface area contributed by atoms with Crippen LogP contribution in [0.5, 0.6) is 0 Å². The van der Waals surface area contributed by atoms with E-state index in [0.29, 0.717) is 5.92 Å². The summed E-state index contributed by atoms with van der Waals surface area (Å²) in [7, 11) is 0. The van der Waals surface area contributed by atoms with E-state index < -0.39 is 0 Å². The van der Waals surface area contributed by atoms with Gasteiger partial charge in [0.1, 0.15) is 5.69 Å². The molecule has 15 heavy (non-hydrogen) atoms. The smallest absolute Gasteiger partial charge is 0.113 e. The number of rotatable bonds is 0. The lowest BCUT2D eigenvalue weighted by Gasteiger charge is -2.17. The molecule has 1 aliphatic rings. The molecule has 0 amide bonds. The highest BCUT2D eigenvalue weighted by atomic mass is 14.7. The van der Waals surface area contributed by atoms with Crippen molar-refractivity contribution in [2.75, 3.05) is 0 Å². The molecule has 1 aromatic rings. The molecule has 0 aromatic carbocycles. The first-order valence-corrected chi connectivity index (χ1v) is 5.54. The molecule has 0 bridgehead atoms. The molecule has 1 aliphatic carbocycles. The van der Waals surface area contributed by atoms with Gasteiger partial charge in [-0.3, -0.25) is 0 Å². The molecule has 1 saturated carbocycles. The summed E-state index contributed by atoms with van der Waals surface area (Å²) in [5.41, 5.74) is 2.34. The van der Waals surface area contributed by atoms with Gasteiger partial charge in [-0.15, -0.1) is 0 Å². The van der Waals surface area contributed by atoms with E-state index in [0.717, 1.165) is 5.69 Å². The normalized spacial score (nSPS) is 15.7. The van der Waals surface area contributed by atoms with Crippen LogP contribution in [-0.2, 0) is 5.41 Å². The fourth-order valence-corrected chi connectivity index (χ4v) is 1.32. The van der Waals surface area contributed by atoms with Crippen molar-refractivity contribution in [1.29, 1.82) is 0 Å². The fourth-order valence-electron chi connectivity index (χ4n) is 1.32. The van der Waals surface area contributed by atoms with Crippen molar-refractivity contribution in [3.8, 4) is 11.8 Å². The summed E-state index contributed by atoms with van der Waals surface area (Å²) in [6.45, 7) is 6.58. The topological polar surface area (TPSA) is 12.9 Å². The van der Waals surface area contributed by atoms with Crippen LogP contribution in [-0.4, -0.2) is 4.98 Å². The van der Waals surface area contributed by atoms with Crippen LogP contribution in [0.15, 0.2) is 18.3 Å². The van der Waals surface area contributed by atoms with Gasteiger partial charge in [-0.1, -0.05) is 32.8 Å². The zero-order valence-corrected chi connectivity index (χ0v) is 9.67. The van der Waals surface area contributed by atoms with Gasteiger partial charge in [-0.25, -0.2) is 4.98 Å². The van der Waals surface area contributed by atoms with Crippen LogP contribution in [0.2, 0.25) is 0 Å². The van der Waals surface area contributed by atoms with E-state index in [9.17, 15) is 0 Å². The molecule has 0 saturated heterocycles. The molecule has 1 heterocycles. The monoisotopic (exact) mass is 199 g/mol. The standard InChI is InChI=1S/C14H17N/c1-14(2,3)12-7-9-13(15-10-12)8-6-11-4-5-11/h7,9-11H,4-5H2,1-3H3. The number of nitrogens with zero attached hydrogens (tertiary/aromatic N) is 1. The predicted molar refractivity (Wildman–Crippen MR) is 62.5 cm³/mol. The summed E-state index contributed by atoms with van der Waals surface area (Å²) < 4.78 is 0. The second-order valence-electron chi connectivity index (χ2n) is 5.23. The van der Waals surface area contributed by atoms with E-state index in [2.05, 4.69) is 43.7 Å². The van der Waals surface area contributed by atoms with Crippen molar-refractivity contribution in [2.24, 2.45) is 5.92 Å². The number of pyridine rings is 1. The molecule has 1 fully saturated rings. The van der Waals surface area contributed by atoms with Crippen LogP contribution in [0, 0.1) is 17.8 Å². The molecular formula is C14H17N. The Balaban J connectivity index is 2.14. The van der Waals surface area contributed by atoms with Crippen molar-refractivity contribution in [3.05, 3.63) is 29.6 Å². The van der Waals surface area contributed by atoms with E-state index in [1.807, 2.05) is 12.3 Å². The molecule has 0 unspecified atom stereocenters. The Bertz CT molecular complexity index is 394. The van der Waals surface area contributed by atoms with Crippen molar-refractivity contribution in [3.63, 3.8) is 0 Å². The first-order valence-electron chi connectivity index (χ1n) is 5.54. The lowest BCUT2D eigenvalue weighted by molar-refractivity contribution is 0.587. The maximum Gasteiger partial charge on any atom is 0.113 e. The molecule has 0 aliphatic heterocycles. The summed E-state index contributed by atoms with van der Waals surface area (Å²) >= 11 is 0. The first kappa shape index (κ1) is 10.2. The van der Waals surface area contributed by atoms with Crippen molar-refractivity contribution >= 4 is 0 Å². The molecular weight excluding hydrogens is 182 g/mol. The first-order chi connectivity index (χ1) is 7.05. The predicted octanol–water partition coefficient (Wildman–Crippen LogP) is 3.14. The summed E-state index contributed by atoms with van der Waals surface area (Å²) in [4.78, 5) is 4.37. The van der Waals surface area contributed by atoms with E-state index >= 15 is 0 Å². The van der Waals surface area contributed by atoms with Crippen molar-refractivity contribution in [1.82, 2.24) is 4.98 Å². The number of hydrogen-bond acceptors (Lipinski definition) is 1. The van der Waals surface area contributed by atoms with Gasteiger partial charge in [-0.05, 0) is 35.8 Å². The molecule has 0 atom stereocenters. The van der Waals surface area contributed by atoms with Gasteiger partial charge in [0.25, 0.3) is 0 Å². The van der Waals surface area contributed by atoms with Gasteiger partial charge in [0, 0.05) is 12.1 Å². The van der Waals surface area contributed by atoms with Crippen LogP contribution in [0.1, 0.15) is 44.9 Å². The number of aromatic nitrogens is 1. The third-order valence-electron chi connectivity index (χ3n) is 2.61. The fraction of sp³-hybridized carbons (Fsp3) is 0.500. The zero-order chi connectivity index (χ0) is 10.9. The quantitative estimate of drug-likeness (QED) is 0.585. The van der Waals surface area contributed by atoms with Gasteiger partial charge in [0.2, 0.25) is 0 Å². The van der Waals surface area contributed by atoms with Crippen LogP contribution in [0.3, 0.4) is 0 Å². The Kier molecular flexibility index (Phi) is 2.52. The average Bonchev–Trinajstić information content (AvgIpc) is 2.97. The summed E-state index contributed by atoms with van der Waals surface area (Å²) in [5.74, 6) is 6.99. The van der Waals surface area contributed by atoms with Crippen molar-refractivity contribution in [2.45, 2.75) is 39.0 Å². The zero-order valence-electron chi connectivity index (χ0n) is 9.67. The maximum atomic E-state index is 4.37. The molecule has 1 nitrogen and oxygen atoms in total. The Hall–Kier alpha value is -1.29. The van der Waals surface area contributed by atoms with E-state index in [-0.39, 0.29) is 5.41 Å². The van der Waals surface area contributed by atoms with E-state index in [1.165, 1.54) is 18.4 Å². The Morgan fingerprint density at radius 2 is 2.00 bits per heavy atom. The summed E-state index contributed by atoms with van der Waals surface area (Å²) in [6, 6.07) is 4.15. The van der Waals surface area contributed by atoms with Gasteiger partial charge in [-0.2, -0.15) is 0 Å². The number of hydrogen-bond donors (Lipinski definition) is 0. The van der Waals surface area contributed by atoms with Gasteiger partial charge < -0.3 is 0 Å². The molecule has 0 radical (unpaired) electrons. The van der Waals surface area contributed by atoms with Gasteiger partial charge >= 0.3 is 0 Å². The van der Waals surface area contributed by atoms with Gasteiger partial charge in [0.15, 0.2) is 0 Å². The SMILES string of the molecule is CC(C)(C)c1ccc(C#CC2CC2)nc1. The average molecular weight is 199 g/mol. The minimum absolute atomic E-state index is 0.176. The third-order valence-corrected chi connectivity index (χ3v) is 2.61. The second-order valence-corrected chi connectivity index (χ2v) is 5.23. The lowest BCUT2D eigenvalue weighted by Crippen LogP contribution is -2.11. The molecule has 0 spiro atoms. The lowest BCUT2D eigenvalue weighted by atomic mass is 9.88. The molecule has 0 N–H and O–H groups in total. The van der Waals surface area contributed by atoms with Crippen LogP contribution < -0.4 is 0 Å². The minimum Gasteiger partial charge on any atom is -0.247 e. The van der Waals surface area contributed by atoms with E-state index in [4.69, 9.17) is 0 Å². The Labute approximate surface area is 91.9 Å². The molecule has 1 aromatic heterocycles. The van der Waals surface area contributed by atoms with E-state index in [1.54, 1.807) is 0 Å². The molecule has 2 rings (SSSR count). The highest BCUT2D eigenvalue weighted by Crippen LogP contribution is 2.27. The highest BCUT2D eigenvalue weighted by Gasteiger charge is 2.18. The summed E-state index contributed by atoms with van der Waals surface area (Å²) in [6.07, 6.45) is 4.48. The Morgan fingerprint density at radius 3 is 2.47 bits per heavy atom. The summed E-state index contributed by atoms with van der Waals surface area (Å²) in [5, 5.41) is 0. The van der Waals surface area contributed by atoms with Gasteiger partial charge in [0.05, 0.1) is 0 Å². The van der Waals surface area contributed by atoms with Crippen LogP contribution in [0.4, 0.5) is 0 Å².